The first-order valence-corrected chi connectivity index (χ1v) is 18.8. The topological polar surface area (TPSA) is 154 Å². The summed E-state index contributed by atoms with van der Waals surface area (Å²) in [6.45, 7) is 5.86. The van der Waals surface area contributed by atoms with E-state index in [4.69, 9.17) is 15.1 Å². The van der Waals surface area contributed by atoms with Crippen LogP contribution in [0.1, 0.15) is 95.3 Å². The average Bonchev–Trinajstić information content (AvgIpc) is 3.84. The van der Waals surface area contributed by atoms with E-state index in [1.165, 1.54) is 18.4 Å². The molecule has 0 bridgehead atoms. The molecule has 5 heterocycles. The molecule has 3 N–H and O–H groups in total. The maximum absolute atomic E-state index is 13.2. The van der Waals surface area contributed by atoms with E-state index in [0.717, 1.165) is 104 Å². The van der Waals surface area contributed by atoms with Gasteiger partial charge in [-0.2, -0.15) is 5.10 Å². The largest absolute Gasteiger partial charge is 0.385 e. The standard InChI is InChI=1S/C39H43N9O4/c49-35-10-9-34(37(50)44-35)48-38(51)28-7-6-26(19-29(28)39(48)52)41-11-1-2-23-16-27(17-23)47-22-30(36(45-47)25-4-5-25)33-20-42-31-8-3-24(18-32(31)43-33)21-46-14-12-40-13-15-46/h3,6-8,18-20,22-23,25,27,34,40-41H,1-2,4-5,9-17,21H2,(H,44,49,50). The smallest absolute Gasteiger partial charge is 0.262 e. The Balaban J connectivity index is 0.793. The predicted octanol–water partition coefficient (Wildman–Crippen LogP) is 4.02. The van der Waals surface area contributed by atoms with Gasteiger partial charge in [0.1, 0.15) is 6.04 Å². The van der Waals surface area contributed by atoms with Crippen molar-refractivity contribution in [2.45, 2.75) is 75.9 Å². The second-order valence-electron chi connectivity index (χ2n) is 15.1. The quantitative estimate of drug-likeness (QED) is 0.154. The molecular weight excluding hydrogens is 658 g/mol. The minimum absolute atomic E-state index is 0.0991. The molecule has 4 amide bonds. The van der Waals surface area contributed by atoms with Crippen molar-refractivity contribution in [3.8, 4) is 11.3 Å². The number of amides is 4. The summed E-state index contributed by atoms with van der Waals surface area (Å²) in [5.74, 6) is -0.846. The summed E-state index contributed by atoms with van der Waals surface area (Å²) in [4.78, 5) is 63.5. The van der Waals surface area contributed by atoms with E-state index in [2.05, 4.69) is 49.9 Å². The number of hydrogen-bond donors (Lipinski definition) is 3. The summed E-state index contributed by atoms with van der Waals surface area (Å²) in [5.41, 5.74) is 7.65. The minimum Gasteiger partial charge on any atom is -0.385 e. The molecule has 2 aliphatic carbocycles. The van der Waals surface area contributed by atoms with Gasteiger partial charge in [0.2, 0.25) is 11.8 Å². The summed E-state index contributed by atoms with van der Waals surface area (Å²) in [7, 11) is 0. The number of piperidine rings is 1. The molecule has 2 saturated heterocycles. The normalized spacial score (nSPS) is 23.5. The van der Waals surface area contributed by atoms with Crippen LogP contribution >= 0.6 is 0 Å². The Kier molecular flexibility index (Phi) is 8.54. The van der Waals surface area contributed by atoms with Gasteiger partial charge in [-0.1, -0.05) is 6.07 Å². The van der Waals surface area contributed by atoms with Gasteiger partial charge in [-0.25, -0.2) is 4.98 Å². The third-order valence-corrected chi connectivity index (χ3v) is 11.4. The highest BCUT2D eigenvalue weighted by atomic mass is 16.2. The Labute approximate surface area is 301 Å². The lowest BCUT2D eigenvalue weighted by molar-refractivity contribution is -0.136. The molecule has 0 radical (unpaired) electrons. The van der Waals surface area contributed by atoms with Crippen LogP contribution in [0.4, 0.5) is 5.69 Å². The van der Waals surface area contributed by atoms with E-state index in [-0.39, 0.29) is 29.9 Å². The molecule has 3 aliphatic heterocycles. The number of anilines is 1. The number of imide groups is 2. The molecule has 0 spiro atoms. The number of carbonyl (C=O) groups excluding carboxylic acids is 4. The van der Waals surface area contributed by atoms with Gasteiger partial charge in [0.25, 0.3) is 11.8 Å². The molecule has 52 heavy (non-hydrogen) atoms. The van der Waals surface area contributed by atoms with Gasteiger partial charge in [-0.05, 0) is 86.8 Å². The number of aromatic nitrogens is 4. The molecule has 2 aromatic carbocycles. The van der Waals surface area contributed by atoms with Crippen LogP contribution in [0.15, 0.2) is 48.8 Å². The van der Waals surface area contributed by atoms with Crippen molar-refractivity contribution < 1.29 is 19.2 Å². The number of benzene rings is 2. The molecule has 1 unspecified atom stereocenters. The van der Waals surface area contributed by atoms with E-state index in [9.17, 15) is 19.2 Å². The molecule has 5 aliphatic rings. The third kappa shape index (κ3) is 6.36. The van der Waals surface area contributed by atoms with Crippen LogP contribution < -0.4 is 16.0 Å². The van der Waals surface area contributed by atoms with Crippen molar-refractivity contribution in [3.63, 3.8) is 0 Å². The van der Waals surface area contributed by atoms with Crippen LogP contribution in [0.3, 0.4) is 0 Å². The highest BCUT2D eigenvalue weighted by Gasteiger charge is 2.44. The number of nitrogens with zero attached hydrogens (tertiary/aromatic N) is 6. The van der Waals surface area contributed by atoms with Crippen LogP contribution in [-0.2, 0) is 16.1 Å². The van der Waals surface area contributed by atoms with Crippen molar-refractivity contribution in [2.75, 3.05) is 38.0 Å². The Bertz CT molecular complexity index is 2080. The van der Waals surface area contributed by atoms with E-state index in [0.29, 0.717) is 17.9 Å². The second-order valence-corrected chi connectivity index (χ2v) is 15.1. The maximum atomic E-state index is 13.2. The molecule has 4 fully saturated rings. The molecule has 13 nitrogen and oxygen atoms in total. The Morgan fingerprint density at radius 3 is 2.52 bits per heavy atom. The van der Waals surface area contributed by atoms with Gasteiger partial charge in [-0.15, -0.1) is 0 Å². The number of carbonyl (C=O) groups is 4. The van der Waals surface area contributed by atoms with E-state index < -0.39 is 23.8 Å². The van der Waals surface area contributed by atoms with Gasteiger partial charge in [0, 0.05) is 69.1 Å². The summed E-state index contributed by atoms with van der Waals surface area (Å²) in [5, 5.41) is 14.2. The molecule has 2 aromatic heterocycles. The van der Waals surface area contributed by atoms with Crippen molar-refractivity contribution in [1.82, 2.24) is 40.2 Å². The van der Waals surface area contributed by atoms with E-state index in [1.807, 2.05) is 6.20 Å². The zero-order valence-electron chi connectivity index (χ0n) is 29.1. The first-order chi connectivity index (χ1) is 25.4. The monoisotopic (exact) mass is 701 g/mol. The zero-order valence-corrected chi connectivity index (χ0v) is 29.1. The number of hydrogen-bond acceptors (Lipinski definition) is 10. The van der Waals surface area contributed by atoms with Crippen LogP contribution in [0.25, 0.3) is 22.3 Å². The van der Waals surface area contributed by atoms with Crippen molar-refractivity contribution in [3.05, 3.63) is 71.2 Å². The summed E-state index contributed by atoms with van der Waals surface area (Å²) >= 11 is 0. The fraction of sp³-hybridized carbons (Fsp3) is 0.462. The molecule has 268 valence electrons. The summed E-state index contributed by atoms with van der Waals surface area (Å²) in [6.07, 6.45) is 11.0. The second kappa shape index (κ2) is 13.5. The van der Waals surface area contributed by atoms with Crippen molar-refractivity contribution >= 4 is 40.3 Å². The highest BCUT2D eigenvalue weighted by Crippen LogP contribution is 2.46. The fourth-order valence-corrected chi connectivity index (χ4v) is 8.22. The Morgan fingerprint density at radius 2 is 1.71 bits per heavy atom. The third-order valence-electron chi connectivity index (χ3n) is 11.4. The number of rotatable bonds is 11. The predicted molar refractivity (Wildman–Crippen MR) is 193 cm³/mol. The van der Waals surface area contributed by atoms with Gasteiger partial charge in [0.15, 0.2) is 0 Å². The molecule has 2 saturated carbocycles. The SMILES string of the molecule is O=C1CCC(N2C(=O)c3ccc(NCCCC4CC(n5cc(-c6cnc7ccc(CN8CCNCC8)cc7n6)c(C6CC6)n5)C4)cc3C2=O)C(=O)N1. The Hall–Kier alpha value is -5.01. The van der Waals surface area contributed by atoms with Crippen molar-refractivity contribution in [1.29, 1.82) is 0 Å². The van der Waals surface area contributed by atoms with Gasteiger partial charge >= 0.3 is 0 Å². The summed E-state index contributed by atoms with van der Waals surface area (Å²) < 4.78 is 2.19. The van der Waals surface area contributed by atoms with E-state index >= 15 is 0 Å². The lowest BCUT2D eigenvalue weighted by atomic mass is 9.77. The molecule has 1 atom stereocenters. The number of fused-ring (bicyclic) bond motifs is 2. The first-order valence-electron chi connectivity index (χ1n) is 18.8. The minimum atomic E-state index is -0.963. The maximum Gasteiger partial charge on any atom is 0.262 e. The number of nitrogens with one attached hydrogen (secondary N) is 3. The lowest BCUT2D eigenvalue weighted by Gasteiger charge is -2.35. The van der Waals surface area contributed by atoms with E-state index in [1.54, 1.807) is 18.2 Å². The van der Waals surface area contributed by atoms with Gasteiger partial charge in [-0.3, -0.25) is 44.0 Å². The lowest BCUT2D eigenvalue weighted by Crippen LogP contribution is -2.54. The van der Waals surface area contributed by atoms with Gasteiger partial charge < -0.3 is 10.6 Å². The molecule has 9 rings (SSSR count). The highest BCUT2D eigenvalue weighted by molar-refractivity contribution is 6.23. The van der Waals surface area contributed by atoms with Crippen molar-refractivity contribution in [2.24, 2.45) is 5.92 Å². The Morgan fingerprint density at radius 1 is 0.885 bits per heavy atom. The van der Waals surface area contributed by atoms with Crippen LogP contribution in [0.5, 0.6) is 0 Å². The van der Waals surface area contributed by atoms with Crippen LogP contribution in [-0.4, -0.2) is 91.9 Å². The number of piperazine rings is 1. The average molecular weight is 702 g/mol. The first kappa shape index (κ1) is 32.9. The summed E-state index contributed by atoms with van der Waals surface area (Å²) in [6, 6.07) is 11.0. The molecule has 13 heteroatoms. The zero-order chi connectivity index (χ0) is 35.3. The molecular formula is C39H43N9O4. The molecule has 4 aromatic rings. The fourth-order valence-electron chi connectivity index (χ4n) is 8.22. The van der Waals surface area contributed by atoms with Crippen LogP contribution in [0, 0.1) is 5.92 Å². The van der Waals surface area contributed by atoms with Crippen LogP contribution in [0.2, 0.25) is 0 Å². The van der Waals surface area contributed by atoms with Gasteiger partial charge in [0.05, 0.1) is 45.8 Å².